The van der Waals surface area contributed by atoms with Crippen molar-refractivity contribution in [3.63, 3.8) is 0 Å². The number of nitrogens with one attached hydrogen (secondary N) is 1. The molecule has 1 heterocycles. The largest absolute Gasteiger partial charge is 0.444 e. The Morgan fingerprint density at radius 3 is 2.38 bits per heavy atom. The minimum atomic E-state index is -0.686. The van der Waals surface area contributed by atoms with E-state index in [2.05, 4.69) is 5.32 Å². The van der Waals surface area contributed by atoms with Crippen molar-refractivity contribution in [3.8, 4) is 0 Å². The lowest BCUT2D eigenvalue weighted by molar-refractivity contribution is 0.0543. The molecule has 0 aromatic heterocycles. The monoisotopic (exact) mass is 297 g/mol. The van der Waals surface area contributed by atoms with Crippen molar-refractivity contribution in [1.29, 1.82) is 0 Å². The van der Waals surface area contributed by atoms with E-state index < -0.39 is 23.3 Å². The van der Waals surface area contributed by atoms with Crippen LogP contribution in [0.15, 0.2) is 23.9 Å². The molecule has 1 amide bonds. The zero-order chi connectivity index (χ0) is 15.6. The van der Waals surface area contributed by atoms with Gasteiger partial charge in [0.2, 0.25) is 0 Å². The maximum atomic E-state index is 13.2. The second-order valence-electron chi connectivity index (χ2n) is 5.75. The molecule has 6 heteroatoms. The van der Waals surface area contributed by atoms with Crippen LogP contribution >= 0.6 is 0 Å². The van der Waals surface area contributed by atoms with Crippen molar-refractivity contribution >= 4 is 12.2 Å². The summed E-state index contributed by atoms with van der Waals surface area (Å²) in [4.78, 5) is 11.7. The number of rotatable bonds is 3. The second kappa shape index (κ2) is 5.81. The van der Waals surface area contributed by atoms with Crippen molar-refractivity contribution < 1.29 is 23.0 Å². The van der Waals surface area contributed by atoms with Gasteiger partial charge in [-0.2, -0.15) is 0 Å². The number of carbonyl (C=O) groups is 1. The molecule has 1 saturated heterocycles. The van der Waals surface area contributed by atoms with E-state index in [1.165, 1.54) is 18.2 Å². The molecule has 21 heavy (non-hydrogen) atoms. The topological polar surface area (TPSA) is 50.9 Å². The number of ether oxygens (including phenoxy) is 2. The minimum absolute atomic E-state index is 0.288. The highest BCUT2D eigenvalue weighted by atomic mass is 19.1. The quantitative estimate of drug-likeness (QED) is 0.871. The van der Waals surface area contributed by atoms with Crippen molar-refractivity contribution in [2.75, 3.05) is 6.61 Å². The van der Waals surface area contributed by atoms with E-state index in [0.29, 0.717) is 17.9 Å². The second-order valence-corrected chi connectivity index (χ2v) is 5.75. The smallest absolute Gasteiger partial charge is 0.411 e. The first kappa shape index (κ1) is 15.4. The van der Waals surface area contributed by atoms with E-state index in [9.17, 15) is 13.6 Å². The van der Waals surface area contributed by atoms with Gasteiger partial charge in [-0.05, 0) is 44.5 Å². The van der Waals surface area contributed by atoms with Crippen LogP contribution in [0.4, 0.5) is 13.6 Å². The van der Waals surface area contributed by atoms with E-state index >= 15 is 0 Å². The lowest BCUT2D eigenvalue weighted by atomic mass is 10.1. The highest BCUT2D eigenvalue weighted by Crippen LogP contribution is 2.21. The van der Waals surface area contributed by atoms with Crippen LogP contribution in [0.1, 0.15) is 26.3 Å². The molecular weight excluding hydrogens is 280 g/mol. The van der Waals surface area contributed by atoms with Crippen LogP contribution in [0.2, 0.25) is 0 Å². The average molecular weight is 297 g/mol. The third-order valence-corrected chi connectivity index (χ3v) is 2.53. The van der Waals surface area contributed by atoms with E-state index in [1.807, 2.05) is 0 Å². The molecule has 1 aliphatic rings. The summed E-state index contributed by atoms with van der Waals surface area (Å²) >= 11 is 0. The van der Waals surface area contributed by atoms with Crippen molar-refractivity contribution in [2.45, 2.75) is 32.5 Å². The van der Waals surface area contributed by atoms with Gasteiger partial charge >= 0.3 is 6.09 Å². The van der Waals surface area contributed by atoms with Crippen molar-refractivity contribution in [1.82, 2.24) is 5.32 Å². The Bertz CT molecular complexity index is 555. The lowest BCUT2D eigenvalue weighted by Gasteiger charge is -2.20. The van der Waals surface area contributed by atoms with E-state index in [1.54, 1.807) is 20.8 Å². The number of carbonyl (C=O) groups excluding carboxylic acids is 1. The fraction of sp³-hybridized carbons (Fsp3) is 0.400. The molecule has 1 aliphatic heterocycles. The molecule has 0 saturated carbocycles. The fourth-order valence-corrected chi connectivity index (χ4v) is 1.70. The Hall–Kier alpha value is -1.95. The number of benzene rings is 1. The fourth-order valence-electron chi connectivity index (χ4n) is 1.70. The van der Waals surface area contributed by atoms with Gasteiger partial charge in [0, 0.05) is 6.07 Å². The molecule has 0 spiro atoms. The summed E-state index contributed by atoms with van der Waals surface area (Å²) in [6.45, 7) is 5.67. The van der Waals surface area contributed by atoms with Crippen molar-refractivity contribution in [3.05, 3.63) is 41.1 Å². The van der Waals surface area contributed by atoms with Crippen LogP contribution in [-0.4, -0.2) is 24.4 Å². The number of hydrogen-bond acceptors (Lipinski definition) is 3. The molecule has 2 rings (SSSR count). The van der Waals surface area contributed by atoms with Gasteiger partial charge in [0.25, 0.3) is 0 Å². The molecule has 1 N–H and O–H groups in total. The van der Waals surface area contributed by atoms with Gasteiger partial charge < -0.3 is 9.47 Å². The molecule has 0 radical (unpaired) electrons. The van der Waals surface area contributed by atoms with Gasteiger partial charge in [0.05, 0.1) is 12.3 Å². The van der Waals surface area contributed by atoms with Gasteiger partial charge in [0.15, 0.2) is 0 Å². The van der Waals surface area contributed by atoms with Crippen LogP contribution in [0.25, 0.3) is 6.08 Å². The standard InChI is InChI=1S/C15H17F2NO3/c1-15(2,3)21-14(19)18-12(13-8-20-13)6-9-4-10(16)7-11(17)5-9/h4-7,13H,8H2,1-3H3,(H,18,19)/b12-6+/t13-/m0/s1. The van der Waals surface area contributed by atoms with E-state index in [4.69, 9.17) is 9.47 Å². The summed E-state index contributed by atoms with van der Waals surface area (Å²) in [5, 5.41) is 2.55. The van der Waals surface area contributed by atoms with Crippen LogP contribution in [0.3, 0.4) is 0 Å². The van der Waals surface area contributed by atoms with Gasteiger partial charge in [-0.15, -0.1) is 0 Å². The zero-order valence-corrected chi connectivity index (χ0v) is 12.1. The normalized spacial score (nSPS) is 18.3. The molecule has 1 atom stereocenters. The maximum absolute atomic E-state index is 13.2. The van der Waals surface area contributed by atoms with Gasteiger partial charge in [-0.1, -0.05) is 0 Å². The third kappa shape index (κ3) is 5.15. The van der Waals surface area contributed by atoms with Gasteiger partial charge in [-0.25, -0.2) is 13.6 Å². The Balaban J connectivity index is 2.15. The van der Waals surface area contributed by atoms with Gasteiger partial charge in [-0.3, -0.25) is 5.32 Å². The predicted molar refractivity (Wildman–Crippen MR) is 73.4 cm³/mol. The summed E-state index contributed by atoms with van der Waals surface area (Å²) in [7, 11) is 0. The minimum Gasteiger partial charge on any atom is -0.444 e. The van der Waals surface area contributed by atoms with Crippen LogP contribution in [-0.2, 0) is 9.47 Å². The summed E-state index contributed by atoms with van der Waals surface area (Å²) in [5.74, 6) is -1.37. The molecule has 114 valence electrons. The summed E-state index contributed by atoms with van der Waals surface area (Å²) in [5.41, 5.74) is 0.0770. The van der Waals surface area contributed by atoms with Crippen LogP contribution in [0.5, 0.6) is 0 Å². The molecule has 0 aliphatic carbocycles. The first-order valence-corrected chi connectivity index (χ1v) is 6.52. The van der Waals surface area contributed by atoms with Crippen LogP contribution in [0, 0.1) is 11.6 Å². The Morgan fingerprint density at radius 1 is 1.33 bits per heavy atom. The molecule has 1 fully saturated rings. The highest BCUT2D eigenvalue weighted by molar-refractivity contribution is 5.73. The summed E-state index contributed by atoms with van der Waals surface area (Å²) in [6, 6.07) is 3.12. The molecular formula is C15H17F2NO3. The van der Waals surface area contributed by atoms with Crippen molar-refractivity contribution in [2.24, 2.45) is 0 Å². The molecule has 0 unspecified atom stereocenters. The van der Waals surface area contributed by atoms with E-state index in [0.717, 1.165) is 6.07 Å². The average Bonchev–Trinajstić information content (AvgIpc) is 3.06. The molecule has 1 aromatic carbocycles. The number of amides is 1. The van der Waals surface area contributed by atoms with E-state index in [-0.39, 0.29) is 6.10 Å². The first-order chi connectivity index (χ1) is 9.73. The predicted octanol–water partition coefficient (Wildman–Crippen LogP) is 3.23. The highest BCUT2D eigenvalue weighted by Gasteiger charge is 2.30. The number of hydrogen-bond donors (Lipinski definition) is 1. The number of epoxide rings is 1. The lowest BCUT2D eigenvalue weighted by Crippen LogP contribution is -2.33. The Morgan fingerprint density at radius 2 is 1.90 bits per heavy atom. The maximum Gasteiger partial charge on any atom is 0.411 e. The van der Waals surface area contributed by atoms with Gasteiger partial charge in [0.1, 0.15) is 23.3 Å². The number of alkyl carbamates (subject to hydrolysis) is 1. The SMILES string of the molecule is CC(C)(C)OC(=O)N/C(=C/c1cc(F)cc(F)c1)[C@@H]1CO1. The molecule has 4 nitrogen and oxygen atoms in total. The zero-order valence-electron chi connectivity index (χ0n) is 12.1. The third-order valence-electron chi connectivity index (χ3n) is 2.53. The first-order valence-electron chi connectivity index (χ1n) is 6.52. The summed E-state index contributed by atoms with van der Waals surface area (Å²) < 4.78 is 36.6. The number of halogens is 2. The Labute approximate surface area is 121 Å². The molecule has 0 bridgehead atoms. The summed E-state index contributed by atoms with van der Waals surface area (Å²) in [6.07, 6.45) is 0.540. The Kier molecular flexibility index (Phi) is 4.27. The molecule has 1 aromatic rings. The van der Waals surface area contributed by atoms with Crippen LogP contribution < -0.4 is 5.32 Å².